The Labute approximate surface area is 117 Å². The van der Waals surface area contributed by atoms with E-state index >= 15 is 0 Å². The summed E-state index contributed by atoms with van der Waals surface area (Å²) in [6.45, 7) is 0. The number of hydrogen-bond donors (Lipinski definition) is 1. The summed E-state index contributed by atoms with van der Waals surface area (Å²) in [7, 11) is 0. The van der Waals surface area contributed by atoms with Crippen LogP contribution in [0.4, 0.5) is 0 Å². The lowest BCUT2D eigenvalue weighted by Crippen LogP contribution is -2.01. The van der Waals surface area contributed by atoms with Gasteiger partial charge in [0.1, 0.15) is 6.10 Å². The zero-order valence-corrected chi connectivity index (χ0v) is 11.0. The van der Waals surface area contributed by atoms with Crippen LogP contribution in [0.5, 0.6) is 0 Å². The molecule has 1 N–H and O–H groups in total. The van der Waals surface area contributed by atoms with Gasteiger partial charge in [-0.15, -0.1) is 0 Å². The van der Waals surface area contributed by atoms with E-state index in [1.165, 1.54) is 0 Å². The predicted octanol–water partition coefficient (Wildman–Crippen LogP) is 4.57. The van der Waals surface area contributed by atoms with Crippen LogP contribution in [0.1, 0.15) is 17.2 Å². The molecule has 3 rings (SSSR count). The predicted molar refractivity (Wildman–Crippen MR) is 79.5 cm³/mol. The fourth-order valence-electron chi connectivity index (χ4n) is 2.35. The Morgan fingerprint density at radius 2 is 1.37 bits per heavy atom. The van der Waals surface area contributed by atoms with E-state index in [4.69, 9.17) is 11.6 Å². The van der Waals surface area contributed by atoms with E-state index in [2.05, 4.69) is 0 Å². The summed E-state index contributed by atoms with van der Waals surface area (Å²) < 4.78 is 0. The molecule has 0 saturated carbocycles. The van der Waals surface area contributed by atoms with Crippen LogP contribution in [-0.2, 0) is 0 Å². The van der Waals surface area contributed by atoms with E-state index in [1.54, 1.807) is 6.07 Å². The van der Waals surface area contributed by atoms with Crippen molar-refractivity contribution in [2.45, 2.75) is 6.10 Å². The van der Waals surface area contributed by atoms with Crippen molar-refractivity contribution in [1.29, 1.82) is 0 Å². The number of aliphatic hydroxyl groups is 1. The molecule has 1 atom stereocenters. The van der Waals surface area contributed by atoms with Gasteiger partial charge in [-0.3, -0.25) is 0 Å². The molecule has 0 radical (unpaired) electrons. The molecular weight excluding hydrogens is 256 g/mol. The lowest BCUT2D eigenvalue weighted by Gasteiger charge is -2.15. The molecule has 3 aromatic rings. The largest absolute Gasteiger partial charge is 0.384 e. The SMILES string of the molecule is O[C@H](c1ccccc1Cl)c1cccc2ccccc12. The van der Waals surface area contributed by atoms with E-state index in [0.29, 0.717) is 5.02 Å². The van der Waals surface area contributed by atoms with Crippen LogP contribution >= 0.6 is 11.6 Å². The third-order valence-electron chi connectivity index (χ3n) is 3.32. The molecule has 94 valence electrons. The molecule has 0 unspecified atom stereocenters. The van der Waals surface area contributed by atoms with Crippen molar-refractivity contribution in [3.63, 3.8) is 0 Å². The van der Waals surface area contributed by atoms with Crippen LogP contribution in [0, 0.1) is 0 Å². The van der Waals surface area contributed by atoms with Crippen molar-refractivity contribution in [2.75, 3.05) is 0 Å². The van der Waals surface area contributed by atoms with Gasteiger partial charge in [-0.25, -0.2) is 0 Å². The number of benzene rings is 3. The zero-order chi connectivity index (χ0) is 13.2. The molecular formula is C17H13ClO. The Kier molecular flexibility index (Phi) is 3.24. The molecule has 0 fully saturated rings. The highest BCUT2D eigenvalue weighted by Crippen LogP contribution is 2.32. The van der Waals surface area contributed by atoms with Crippen molar-refractivity contribution in [3.8, 4) is 0 Å². The Morgan fingerprint density at radius 3 is 2.21 bits per heavy atom. The van der Waals surface area contributed by atoms with Crippen LogP contribution in [0.15, 0.2) is 66.7 Å². The number of hydrogen-bond acceptors (Lipinski definition) is 1. The monoisotopic (exact) mass is 268 g/mol. The van der Waals surface area contributed by atoms with E-state index in [9.17, 15) is 5.11 Å². The topological polar surface area (TPSA) is 20.2 Å². The first-order chi connectivity index (χ1) is 9.27. The molecule has 3 aromatic carbocycles. The lowest BCUT2D eigenvalue weighted by molar-refractivity contribution is 0.222. The summed E-state index contributed by atoms with van der Waals surface area (Å²) in [5.41, 5.74) is 1.62. The van der Waals surface area contributed by atoms with Crippen LogP contribution in [0.3, 0.4) is 0 Å². The van der Waals surface area contributed by atoms with Gasteiger partial charge in [0.25, 0.3) is 0 Å². The summed E-state index contributed by atoms with van der Waals surface area (Å²) in [5.74, 6) is 0. The van der Waals surface area contributed by atoms with Crippen molar-refractivity contribution in [2.24, 2.45) is 0 Å². The van der Waals surface area contributed by atoms with E-state index in [-0.39, 0.29) is 0 Å². The van der Waals surface area contributed by atoms with Gasteiger partial charge >= 0.3 is 0 Å². The third kappa shape index (κ3) is 2.23. The van der Waals surface area contributed by atoms with Crippen molar-refractivity contribution in [1.82, 2.24) is 0 Å². The van der Waals surface area contributed by atoms with Gasteiger partial charge in [0, 0.05) is 10.6 Å². The first-order valence-electron chi connectivity index (χ1n) is 6.17. The first kappa shape index (κ1) is 12.2. The number of halogens is 1. The van der Waals surface area contributed by atoms with Gasteiger partial charge in [-0.2, -0.15) is 0 Å². The highest BCUT2D eigenvalue weighted by Gasteiger charge is 2.15. The summed E-state index contributed by atoms with van der Waals surface area (Å²) in [6.07, 6.45) is -0.709. The summed E-state index contributed by atoms with van der Waals surface area (Å²) in [4.78, 5) is 0. The van der Waals surface area contributed by atoms with Crippen LogP contribution in [0.25, 0.3) is 10.8 Å². The summed E-state index contributed by atoms with van der Waals surface area (Å²) >= 11 is 6.16. The minimum Gasteiger partial charge on any atom is -0.384 e. The van der Waals surface area contributed by atoms with E-state index < -0.39 is 6.10 Å². The molecule has 0 aliphatic heterocycles. The fourth-order valence-corrected chi connectivity index (χ4v) is 2.59. The van der Waals surface area contributed by atoms with Crippen molar-refractivity contribution >= 4 is 22.4 Å². The molecule has 0 heterocycles. The molecule has 0 bridgehead atoms. The van der Waals surface area contributed by atoms with Crippen LogP contribution in [0.2, 0.25) is 5.02 Å². The summed E-state index contributed by atoms with van der Waals surface area (Å²) in [6, 6.07) is 21.4. The minimum absolute atomic E-state index is 0.586. The second-order valence-corrected chi connectivity index (χ2v) is 4.90. The molecule has 0 amide bonds. The molecule has 19 heavy (non-hydrogen) atoms. The average molecular weight is 269 g/mol. The quantitative estimate of drug-likeness (QED) is 0.722. The number of aliphatic hydroxyl groups excluding tert-OH is 1. The molecule has 2 heteroatoms. The van der Waals surface area contributed by atoms with Crippen molar-refractivity contribution < 1.29 is 5.11 Å². The van der Waals surface area contributed by atoms with Gasteiger partial charge in [0.15, 0.2) is 0 Å². The number of rotatable bonds is 2. The summed E-state index contributed by atoms with van der Waals surface area (Å²) in [5, 5.41) is 13.3. The van der Waals surface area contributed by atoms with Crippen LogP contribution < -0.4 is 0 Å². The second kappa shape index (κ2) is 5.04. The van der Waals surface area contributed by atoms with Gasteiger partial charge in [-0.05, 0) is 22.4 Å². The Morgan fingerprint density at radius 1 is 0.737 bits per heavy atom. The van der Waals surface area contributed by atoms with E-state index in [1.807, 2.05) is 60.7 Å². The highest BCUT2D eigenvalue weighted by molar-refractivity contribution is 6.31. The van der Waals surface area contributed by atoms with E-state index in [0.717, 1.165) is 21.9 Å². The normalized spacial score (nSPS) is 12.5. The zero-order valence-electron chi connectivity index (χ0n) is 10.3. The maximum Gasteiger partial charge on any atom is 0.106 e. The average Bonchev–Trinajstić information content (AvgIpc) is 2.46. The fraction of sp³-hybridized carbons (Fsp3) is 0.0588. The molecule has 0 aliphatic carbocycles. The molecule has 0 aliphatic rings. The third-order valence-corrected chi connectivity index (χ3v) is 3.66. The maximum absolute atomic E-state index is 10.6. The molecule has 0 saturated heterocycles. The Balaban J connectivity index is 2.17. The minimum atomic E-state index is -0.709. The molecule has 1 nitrogen and oxygen atoms in total. The van der Waals surface area contributed by atoms with Crippen molar-refractivity contribution in [3.05, 3.63) is 82.9 Å². The maximum atomic E-state index is 10.6. The van der Waals surface area contributed by atoms with Gasteiger partial charge < -0.3 is 5.11 Å². The van der Waals surface area contributed by atoms with Gasteiger partial charge in [-0.1, -0.05) is 72.3 Å². The second-order valence-electron chi connectivity index (χ2n) is 4.49. The highest BCUT2D eigenvalue weighted by atomic mass is 35.5. The Bertz CT molecular complexity index is 716. The van der Waals surface area contributed by atoms with Gasteiger partial charge in [0.05, 0.1) is 0 Å². The Hall–Kier alpha value is -1.83. The standard InChI is InChI=1S/C17H13ClO/c18-16-11-4-3-9-15(16)17(19)14-10-5-7-12-6-1-2-8-13(12)14/h1-11,17,19H/t17-/m0/s1. The molecule has 0 aromatic heterocycles. The first-order valence-corrected chi connectivity index (χ1v) is 6.55. The lowest BCUT2D eigenvalue weighted by atomic mass is 9.96. The molecule has 0 spiro atoms. The number of fused-ring (bicyclic) bond motifs is 1. The van der Waals surface area contributed by atoms with Crippen LogP contribution in [-0.4, -0.2) is 5.11 Å². The smallest absolute Gasteiger partial charge is 0.106 e. The van der Waals surface area contributed by atoms with Gasteiger partial charge in [0.2, 0.25) is 0 Å².